The van der Waals surface area contributed by atoms with Crippen LogP contribution in [0.4, 0.5) is 0 Å². The summed E-state index contributed by atoms with van der Waals surface area (Å²) in [5.74, 6) is -0.145. The molecule has 110 valence electrons. The summed E-state index contributed by atoms with van der Waals surface area (Å²) in [6.45, 7) is 3.90. The summed E-state index contributed by atoms with van der Waals surface area (Å²) in [5.41, 5.74) is 0.342. The van der Waals surface area contributed by atoms with Gasteiger partial charge in [-0.2, -0.15) is 0 Å². The molecule has 1 aliphatic rings. The Bertz CT molecular complexity index is 503. The summed E-state index contributed by atoms with van der Waals surface area (Å²) in [6.07, 6.45) is 1.33. The average molecular weight is 279 g/mol. The number of carboxylic acid groups (broad SMARTS) is 1. The fourth-order valence-corrected chi connectivity index (χ4v) is 2.80. The van der Waals surface area contributed by atoms with Crippen LogP contribution in [-0.2, 0) is 11.3 Å². The Labute approximate surface area is 118 Å². The smallest absolute Gasteiger partial charge is 0.310 e. The van der Waals surface area contributed by atoms with Gasteiger partial charge in [-0.1, -0.05) is 13.0 Å². The Morgan fingerprint density at radius 2 is 2.25 bits per heavy atom. The lowest BCUT2D eigenvalue weighted by Crippen LogP contribution is -2.33. The van der Waals surface area contributed by atoms with E-state index < -0.39 is 11.4 Å². The largest absolute Gasteiger partial charge is 0.504 e. The lowest BCUT2D eigenvalue weighted by Gasteiger charge is -2.23. The number of phenols is 1. The number of phenolic OH excluding ortho intramolecular Hbond substituents is 1. The van der Waals surface area contributed by atoms with Crippen LogP contribution in [0, 0.1) is 5.41 Å². The quantitative estimate of drug-likeness (QED) is 0.863. The van der Waals surface area contributed by atoms with Crippen LogP contribution in [0.15, 0.2) is 18.2 Å². The van der Waals surface area contributed by atoms with E-state index in [-0.39, 0.29) is 5.75 Å². The van der Waals surface area contributed by atoms with E-state index in [0.29, 0.717) is 31.7 Å². The maximum Gasteiger partial charge on any atom is 0.310 e. The Kier molecular flexibility index (Phi) is 4.18. The summed E-state index contributed by atoms with van der Waals surface area (Å²) in [7, 11) is 1.51. The molecule has 1 aromatic rings. The van der Waals surface area contributed by atoms with E-state index in [0.717, 1.165) is 12.1 Å². The minimum atomic E-state index is -0.708. The minimum Gasteiger partial charge on any atom is -0.504 e. The zero-order chi connectivity index (χ0) is 14.8. The maximum atomic E-state index is 11.4. The molecule has 0 saturated carbocycles. The third-order valence-corrected chi connectivity index (χ3v) is 4.21. The van der Waals surface area contributed by atoms with Gasteiger partial charge in [0, 0.05) is 13.1 Å². The highest BCUT2D eigenvalue weighted by Gasteiger charge is 2.43. The topological polar surface area (TPSA) is 70.0 Å². The number of carboxylic acids is 1. The summed E-state index contributed by atoms with van der Waals surface area (Å²) >= 11 is 0. The molecule has 0 bridgehead atoms. The molecule has 20 heavy (non-hydrogen) atoms. The molecule has 1 aromatic carbocycles. The maximum absolute atomic E-state index is 11.4. The number of aliphatic carboxylic acids is 1. The number of aromatic hydroxyl groups is 1. The van der Waals surface area contributed by atoms with Gasteiger partial charge < -0.3 is 14.9 Å². The first-order valence-corrected chi connectivity index (χ1v) is 6.82. The molecule has 1 heterocycles. The summed E-state index contributed by atoms with van der Waals surface area (Å²) in [5, 5.41) is 19.1. The number of rotatable bonds is 5. The fourth-order valence-electron chi connectivity index (χ4n) is 2.80. The van der Waals surface area contributed by atoms with Crippen molar-refractivity contribution in [2.45, 2.75) is 26.3 Å². The number of hydrogen-bond donors (Lipinski definition) is 2. The van der Waals surface area contributed by atoms with Gasteiger partial charge in [-0.3, -0.25) is 9.69 Å². The molecule has 0 radical (unpaired) electrons. The second-order valence-electron chi connectivity index (χ2n) is 5.41. The van der Waals surface area contributed by atoms with Gasteiger partial charge in [-0.15, -0.1) is 0 Å². The first kappa shape index (κ1) is 14.7. The molecule has 0 aromatic heterocycles. The molecule has 1 fully saturated rings. The second-order valence-corrected chi connectivity index (χ2v) is 5.41. The van der Waals surface area contributed by atoms with Crippen LogP contribution in [0.3, 0.4) is 0 Å². The molecule has 0 amide bonds. The summed E-state index contributed by atoms with van der Waals surface area (Å²) in [6, 6.07) is 5.29. The van der Waals surface area contributed by atoms with E-state index in [4.69, 9.17) is 4.74 Å². The Morgan fingerprint density at radius 3 is 2.75 bits per heavy atom. The van der Waals surface area contributed by atoms with E-state index in [1.165, 1.54) is 7.11 Å². The van der Waals surface area contributed by atoms with E-state index in [1.807, 2.05) is 13.0 Å². The minimum absolute atomic E-state index is 0.115. The van der Waals surface area contributed by atoms with Gasteiger partial charge in [0.15, 0.2) is 11.5 Å². The molecule has 2 rings (SSSR count). The predicted molar refractivity (Wildman–Crippen MR) is 74.9 cm³/mol. The van der Waals surface area contributed by atoms with Gasteiger partial charge in [0.05, 0.1) is 12.5 Å². The molecule has 0 spiro atoms. The molecule has 2 N–H and O–H groups in total. The Balaban J connectivity index is 2.05. The van der Waals surface area contributed by atoms with Crippen LogP contribution in [0.5, 0.6) is 11.5 Å². The van der Waals surface area contributed by atoms with Crippen LogP contribution in [0.2, 0.25) is 0 Å². The molecule has 1 saturated heterocycles. The first-order valence-electron chi connectivity index (χ1n) is 6.82. The van der Waals surface area contributed by atoms with Crippen molar-refractivity contribution in [2.24, 2.45) is 5.41 Å². The number of methoxy groups -OCH3 is 1. The third-order valence-electron chi connectivity index (χ3n) is 4.21. The highest BCUT2D eigenvalue weighted by molar-refractivity contribution is 5.75. The summed E-state index contributed by atoms with van der Waals surface area (Å²) < 4.78 is 5.01. The fraction of sp³-hybridized carbons (Fsp3) is 0.533. The van der Waals surface area contributed by atoms with Crippen LogP contribution >= 0.6 is 0 Å². The Morgan fingerprint density at radius 1 is 1.50 bits per heavy atom. The molecular formula is C15H21NO4. The SMILES string of the molecule is CCC1(C(=O)O)CCN(Cc2ccc(OC)c(O)c2)C1. The third kappa shape index (κ3) is 2.72. The highest BCUT2D eigenvalue weighted by atomic mass is 16.5. The molecule has 5 nitrogen and oxygen atoms in total. The van der Waals surface area contributed by atoms with Crippen molar-refractivity contribution < 1.29 is 19.7 Å². The van der Waals surface area contributed by atoms with Crippen molar-refractivity contribution in [3.8, 4) is 11.5 Å². The zero-order valence-electron chi connectivity index (χ0n) is 11.9. The number of nitrogens with zero attached hydrogens (tertiary/aromatic N) is 1. The molecular weight excluding hydrogens is 258 g/mol. The monoisotopic (exact) mass is 279 g/mol. The van der Waals surface area contributed by atoms with Crippen LogP contribution in [-0.4, -0.2) is 41.3 Å². The average Bonchev–Trinajstić information content (AvgIpc) is 2.84. The number of ether oxygens (including phenoxy) is 1. The van der Waals surface area contributed by atoms with Crippen molar-refractivity contribution in [1.82, 2.24) is 4.90 Å². The molecule has 1 aliphatic heterocycles. The van der Waals surface area contributed by atoms with Crippen molar-refractivity contribution >= 4 is 5.97 Å². The van der Waals surface area contributed by atoms with Gasteiger partial charge in [-0.25, -0.2) is 0 Å². The zero-order valence-corrected chi connectivity index (χ0v) is 11.9. The van der Waals surface area contributed by atoms with Gasteiger partial charge in [0.2, 0.25) is 0 Å². The number of benzene rings is 1. The van der Waals surface area contributed by atoms with E-state index in [9.17, 15) is 15.0 Å². The molecule has 0 aliphatic carbocycles. The standard InChI is InChI=1S/C15H21NO4/c1-3-15(14(18)19)6-7-16(10-15)9-11-4-5-13(20-2)12(17)8-11/h4-5,8,17H,3,6-7,9-10H2,1-2H3,(H,18,19). The van der Waals surface area contributed by atoms with E-state index in [2.05, 4.69) is 4.90 Å². The normalized spacial score (nSPS) is 22.9. The lowest BCUT2D eigenvalue weighted by atomic mass is 9.84. The predicted octanol–water partition coefficient (Wildman–Crippen LogP) is 2.09. The van der Waals surface area contributed by atoms with Crippen molar-refractivity contribution in [1.29, 1.82) is 0 Å². The van der Waals surface area contributed by atoms with Crippen molar-refractivity contribution in [3.05, 3.63) is 23.8 Å². The van der Waals surface area contributed by atoms with E-state index >= 15 is 0 Å². The van der Waals surface area contributed by atoms with Crippen molar-refractivity contribution in [3.63, 3.8) is 0 Å². The van der Waals surface area contributed by atoms with Crippen LogP contribution in [0.1, 0.15) is 25.3 Å². The number of carbonyl (C=O) groups is 1. The van der Waals surface area contributed by atoms with Gasteiger partial charge in [-0.05, 0) is 37.1 Å². The van der Waals surface area contributed by atoms with Gasteiger partial charge >= 0.3 is 5.97 Å². The molecule has 1 unspecified atom stereocenters. The first-order chi connectivity index (χ1) is 9.50. The second kappa shape index (κ2) is 5.71. The van der Waals surface area contributed by atoms with Gasteiger partial charge in [0.1, 0.15) is 0 Å². The van der Waals surface area contributed by atoms with Crippen LogP contribution in [0.25, 0.3) is 0 Å². The van der Waals surface area contributed by atoms with Gasteiger partial charge in [0.25, 0.3) is 0 Å². The lowest BCUT2D eigenvalue weighted by molar-refractivity contribution is -0.148. The summed E-state index contributed by atoms with van der Waals surface area (Å²) in [4.78, 5) is 13.5. The highest BCUT2D eigenvalue weighted by Crippen LogP contribution is 2.35. The molecule has 1 atom stereocenters. The number of hydrogen-bond acceptors (Lipinski definition) is 4. The molecule has 5 heteroatoms. The number of likely N-dealkylation sites (tertiary alicyclic amines) is 1. The van der Waals surface area contributed by atoms with Crippen molar-refractivity contribution in [2.75, 3.05) is 20.2 Å². The van der Waals surface area contributed by atoms with E-state index in [1.54, 1.807) is 12.1 Å². The van der Waals surface area contributed by atoms with Crippen LogP contribution < -0.4 is 4.74 Å². The Hall–Kier alpha value is -1.75.